The summed E-state index contributed by atoms with van der Waals surface area (Å²) in [6.45, 7) is 2.44. The zero-order chi connectivity index (χ0) is 14.8. The predicted octanol–water partition coefficient (Wildman–Crippen LogP) is 4.02. The molecule has 0 aliphatic heterocycles. The van der Waals surface area contributed by atoms with Gasteiger partial charge in [0, 0.05) is 5.39 Å². The molecule has 0 aliphatic rings. The molecule has 0 unspecified atom stereocenters. The van der Waals surface area contributed by atoms with E-state index in [9.17, 15) is 4.79 Å². The third-order valence-electron chi connectivity index (χ3n) is 3.19. The van der Waals surface area contributed by atoms with E-state index in [0.29, 0.717) is 12.2 Å². The highest BCUT2D eigenvalue weighted by molar-refractivity contribution is 5.91. The molecule has 21 heavy (non-hydrogen) atoms. The van der Waals surface area contributed by atoms with E-state index >= 15 is 0 Å². The van der Waals surface area contributed by atoms with Gasteiger partial charge in [0.05, 0.1) is 0 Å². The van der Waals surface area contributed by atoms with E-state index in [-0.39, 0.29) is 5.76 Å². The van der Waals surface area contributed by atoms with Crippen LogP contribution in [0.3, 0.4) is 0 Å². The van der Waals surface area contributed by atoms with Crippen LogP contribution in [-0.2, 0) is 6.61 Å². The van der Waals surface area contributed by atoms with E-state index in [1.807, 2.05) is 43.3 Å². The Balaban J connectivity index is 1.79. The molecule has 106 valence electrons. The van der Waals surface area contributed by atoms with Crippen LogP contribution in [0.5, 0.6) is 5.75 Å². The van der Waals surface area contributed by atoms with Crippen molar-refractivity contribution >= 4 is 16.9 Å². The zero-order valence-electron chi connectivity index (χ0n) is 11.5. The smallest absolute Gasteiger partial charge is 0.371 e. The lowest BCUT2D eigenvalue weighted by molar-refractivity contribution is 0.0665. The molecule has 0 radical (unpaired) electrons. The van der Waals surface area contributed by atoms with Crippen LogP contribution in [0.1, 0.15) is 21.7 Å². The summed E-state index contributed by atoms with van der Waals surface area (Å²) in [5.74, 6) is -0.306. The molecule has 0 atom stereocenters. The Bertz CT molecular complexity index is 801. The quantitative estimate of drug-likeness (QED) is 0.785. The van der Waals surface area contributed by atoms with E-state index in [1.165, 1.54) is 6.07 Å². The van der Waals surface area contributed by atoms with Crippen LogP contribution in [0.25, 0.3) is 11.0 Å². The Hall–Kier alpha value is -2.75. The van der Waals surface area contributed by atoms with Crippen molar-refractivity contribution in [2.24, 2.45) is 0 Å². The normalized spacial score (nSPS) is 10.7. The van der Waals surface area contributed by atoms with Crippen molar-refractivity contribution in [2.45, 2.75) is 13.5 Å². The Morgan fingerprint density at radius 2 is 2.05 bits per heavy atom. The van der Waals surface area contributed by atoms with Crippen molar-refractivity contribution in [1.29, 1.82) is 0 Å². The second-order valence-electron chi connectivity index (χ2n) is 4.89. The average molecular weight is 282 g/mol. The number of carbonyl (C=O) groups is 1. The molecule has 0 aliphatic carbocycles. The van der Waals surface area contributed by atoms with Crippen molar-refractivity contribution in [3.05, 3.63) is 65.4 Å². The number of fused-ring (bicyclic) bond motifs is 1. The SMILES string of the molecule is Cc1cccc(OCc2ccc3oc(C(=O)O)cc3c2)c1. The standard InChI is InChI=1S/C17H14O4/c1-11-3-2-4-14(7-11)20-10-12-5-6-15-13(8-12)9-16(21-15)17(18)19/h2-9H,10H2,1H3,(H,18,19). The Morgan fingerprint density at radius 3 is 2.81 bits per heavy atom. The maximum absolute atomic E-state index is 10.9. The summed E-state index contributed by atoms with van der Waals surface area (Å²) < 4.78 is 11.0. The largest absolute Gasteiger partial charge is 0.489 e. The highest BCUT2D eigenvalue weighted by Crippen LogP contribution is 2.22. The minimum Gasteiger partial charge on any atom is -0.489 e. The van der Waals surface area contributed by atoms with Gasteiger partial charge >= 0.3 is 5.97 Å². The average Bonchev–Trinajstić information content (AvgIpc) is 2.88. The van der Waals surface area contributed by atoms with Crippen LogP contribution in [0.15, 0.2) is 52.9 Å². The van der Waals surface area contributed by atoms with Gasteiger partial charge in [-0.25, -0.2) is 4.79 Å². The summed E-state index contributed by atoms with van der Waals surface area (Å²) in [5.41, 5.74) is 2.66. The molecule has 0 bridgehead atoms. The number of furan rings is 1. The van der Waals surface area contributed by atoms with Crippen LogP contribution in [0.2, 0.25) is 0 Å². The van der Waals surface area contributed by atoms with Crippen LogP contribution < -0.4 is 4.74 Å². The van der Waals surface area contributed by atoms with Crippen LogP contribution in [0.4, 0.5) is 0 Å². The molecule has 4 heteroatoms. The van der Waals surface area contributed by atoms with E-state index < -0.39 is 5.97 Å². The van der Waals surface area contributed by atoms with Gasteiger partial charge in [-0.15, -0.1) is 0 Å². The number of aryl methyl sites for hydroxylation is 1. The molecule has 0 fully saturated rings. The molecule has 1 heterocycles. The summed E-state index contributed by atoms with van der Waals surface area (Å²) >= 11 is 0. The van der Waals surface area contributed by atoms with Crippen molar-refractivity contribution in [3.8, 4) is 5.75 Å². The summed E-state index contributed by atoms with van der Waals surface area (Å²) in [6, 6.07) is 14.9. The molecule has 3 rings (SSSR count). The van der Waals surface area contributed by atoms with E-state index in [2.05, 4.69) is 0 Å². The number of ether oxygens (including phenoxy) is 1. The number of hydrogen-bond acceptors (Lipinski definition) is 3. The molecule has 3 aromatic rings. The summed E-state index contributed by atoms with van der Waals surface area (Å²) in [6.07, 6.45) is 0. The molecule has 0 amide bonds. The van der Waals surface area contributed by atoms with Gasteiger partial charge in [-0.2, -0.15) is 0 Å². The van der Waals surface area contributed by atoms with E-state index in [0.717, 1.165) is 22.3 Å². The second kappa shape index (κ2) is 5.32. The number of aromatic carboxylic acids is 1. The molecule has 2 aromatic carbocycles. The Labute approximate surface area is 121 Å². The fourth-order valence-corrected chi connectivity index (χ4v) is 2.16. The first-order valence-electron chi connectivity index (χ1n) is 6.57. The van der Waals surface area contributed by atoms with Gasteiger partial charge in [-0.1, -0.05) is 18.2 Å². The van der Waals surface area contributed by atoms with Gasteiger partial charge in [-0.05, 0) is 48.4 Å². The van der Waals surface area contributed by atoms with E-state index in [4.69, 9.17) is 14.3 Å². The third-order valence-corrected chi connectivity index (χ3v) is 3.19. The highest BCUT2D eigenvalue weighted by Gasteiger charge is 2.10. The highest BCUT2D eigenvalue weighted by atomic mass is 16.5. The Kier molecular flexibility index (Phi) is 3.36. The number of carboxylic acids is 1. The summed E-state index contributed by atoms with van der Waals surface area (Å²) in [7, 11) is 0. The fraction of sp³-hybridized carbons (Fsp3) is 0.118. The van der Waals surface area contributed by atoms with Gasteiger partial charge in [0.15, 0.2) is 0 Å². The van der Waals surface area contributed by atoms with Crippen LogP contribution in [0, 0.1) is 6.92 Å². The molecular weight excluding hydrogens is 268 g/mol. The van der Waals surface area contributed by atoms with Crippen LogP contribution in [-0.4, -0.2) is 11.1 Å². The number of benzene rings is 2. The maximum Gasteiger partial charge on any atom is 0.371 e. The lowest BCUT2D eigenvalue weighted by Gasteiger charge is -2.06. The maximum atomic E-state index is 10.9. The second-order valence-corrected chi connectivity index (χ2v) is 4.89. The minimum absolute atomic E-state index is 0.0539. The van der Waals surface area contributed by atoms with Gasteiger partial charge in [-0.3, -0.25) is 0 Å². The minimum atomic E-state index is -1.07. The number of rotatable bonds is 4. The molecule has 1 N–H and O–H groups in total. The lowest BCUT2D eigenvalue weighted by Crippen LogP contribution is -1.95. The third kappa shape index (κ3) is 2.89. The van der Waals surface area contributed by atoms with Gasteiger partial charge < -0.3 is 14.3 Å². The molecule has 1 aromatic heterocycles. The van der Waals surface area contributed by atoms with Crippen LogP contribution >= 0.6 is 0 Å². The molecule has 0 spiro atoms. The molecule has 0 saturated carbocycles. The number of carboxylic acid groups (broad SMARTS) is 1. The summed E-state index contributed by atoms with van der Waals surface area (Å²) in [4.78, 5) is 10.9. The monoisotopic (exact) mass is 282 g/mol. The van der Waals surface area contributed by atoms with Crippen molar-refractivity contribution in [3.63, 3.8) is 0 Å². The van der Waals surface area contributed by atoms with Crippen molar-refractivity contribution in [1.82, 2.24) is 0 Å². The molecule has 4 nitrogen and oxygen atoms in total. The van der Waals surface area contributed by atoms with Gasteiger partial charge in [0.2, 0.25) is 5.76 Å². The lowest BCUT2D eigenvalue weighted by atomic mass is 10.1. The molecular formula is C17H14O4. The first-order valence-corrected chi connectivity index (χ1v) is 6.57. The van der Waals surface area contributed by atoms with Crippen molar-refractivity contribution in [2.75, 3.05) is 0 Å². The molecule has 0 saturated heterocycles. The topological polar surface area (TPSA) is 59.7 Å². The van der Waals surface area contributed by atoms with Gasteiger partial charge in [0.25, 0.3) is 0 Å². The number of hydrogen-bond donors (Lipinski definition) is 1. The zero-order valence-corrected chi connectivity index (χ0v) is 11.5. The Morgan fingerprint density at radius 1 is 1.19 bits per heavy atom. The predicted molar refractivity (Wildman–Crippen MR) is 78.7 cm³/mol. The first kappa shape index (κ1) is 13.2. The van der Waals surface area contributed by atoms with E-state index in [1.54, 1.807) is 6.07 Å². The first-order chi connectivity index (χ1) is 10.1. The fourth-order valence-electron chi connectivity index (χ4n) is 2.16. The summed E-state index contributed by atoms with van der Waals surface area (Å²) in [5, 5.41) is 9.68. The van der Waals surface area contributed by atoms with Crippen molar-refractivity contribution < 1.29 is 19.1 Å². The van der Waals surface area contributed by atoms with Gasteiger partial charge in [0.1, 0.15) is 17.9 Å².